The Bertz CT molecular complexity index is 1650. The second kappa shape index (κ2) is 16.7. The van der Waals surface area contributed by atoms with Crippen molar-refractivity contribution in [3.8, 4) is 11.5 Å². The van der Waals surface area contributed by atoms with E-state index in [0.29, 0.717) is 23.5 Å². The number of methoxy groups -OCH3 is 1. The number of allylic oxidation sites excluding steroid dienone is 1. The fourth-order valence-corrected chi connectivity index (χ4v) is 7.26. The number of rotatable bonds is 15. The summed E-state index contributed by atoms with van der Waals surface area (Å²) in [5.74, 6) is 2.40. The number of hydrogen-bond acceptors (Lipinski definition) is 6. The van der Waals surface area contributed by atoms with Gasteiger partial charge in [-0.3, -0.25) is 10.1 Å². The Balaban J connectivity index is 1.39. The van der Waals surface area contributed by atoms with Gasteiger partial charge in [0.05, 0.1) is 17.6 Å². The summed E-state index contributed by atoms with van der Waals surface area (Å²) in [7, 11) is 1.59. The summed E-state index contributed by atoms with van der Waals surface area (Å²) in [6.07, 6.45) is 4.86. The van der Waals surface area contributed by atoms with Crippen molar-refractivity contribution in [3.05, 3.63) is 129 Å². The minimum absolute atomic E-state index is 0.0423. The summed E-state index contributed by atoms with van der Waals surface area (Å²) >= 11 is 1.93. The van der Waals surface area contributed by atoms with Crippen LogP contribution in [0, 0.1) is 10.1 Å². The van der Waals surface area contributed by atoms with Crippen molar-refractivity contribution in [2.75, 3.05) is 32.5 Å². The number of thioether (sulfide) groups is 1. The third-order valence-electron chi connectivity index (χ3n) is 8.91. The molecule has 4 aromatic rings. The molecule has 5 rings (SSSR count). The maximum atomic E-state index is 11.9. The van der Waals surface area contributed by atoms with Gasteiger partial charge < -0.3 is 14.4 Å². The topological polar surface area (TPSA) is 64.8 Å². The van der Waals surface area contributed by atoms with Crippen LogP contribution >= 0.6 is 11.8 Å². The van der Waals surface area contributed by atoms with E-state index in [2.05, 4.69) is 78.6 Å². The second-order valence-corrected chi connectivity index (χ2v) is 13.1. The Morgan fingerprint density at radius 1 is 0.915 bits per heavy atom. The van der Waals surface area contributed by atoms with Crippen molar-refractivity contribution in [1.29, 1.82) is 0 Å². The molecule has 6 nitrogen and oxygen atoms in total. The molecule has 1 aliphatic rings. The zero-order valence-electron chi connectivity index (χ0n) is 28.0. The van der Waals surface area contributed by atoms with E-state index >= 15 is 0 Å². The highest BCUT2D eigenvalue weighted by molar-refractivity contribution is 7.99. The van der Waals surface area contributed by atoms with Gasteiger partial charge in [0.15, 0.2) is 0 Å². The molecule has 1 saturated heterocycles. The lowest BCUT2D eigenvalue weighted by Crippen LogP contribution is -2.20. The summed E-state index contributed by atoms with van der Waals surface area (Å²) in [6, 6.07) is 31.0. The molecule has 4 aromatic carbocycles. The van der Waals surface area contributed by atoms with E-state index in [1.165, 1.54) is 66.1 Å². The number of likely N-dealkylation sites (tertiary alicyclic amines) is 1. The number of aryl methyl sites for hydroxylation is 1. The monoisotopic (exact) mass is 650 g/mol. The first-order chi connectivity index (χ1) is 22.9. The maximum absolute atomic E-state index is 11.9. The van der Waals surface area contributed by atoms with Crippen LogP contribution in [0.15, 0.2) is 95.9 Å². The number of nitro groups is 1. The molecule has 1 fully saturated rings. The number of nitro benzene ring substituents is 1. The highest BCUT2D eigenvalue weighted by Crippen LogP contribution is 2.38. The van der Waals surface area contributed by atoms with E-state index in [0.717, 1.165) is 23.3 Å². The van der Waals surface area contributed by atoms with Gasteiger partial charge in [0, 0.05) is 16.5 Å². The van der Waals surface area contributed by atoms with Crippen LogP contribution in [-0.2, 0) is 6.42 Å². The lowest BCUT2D eigenvalue weighted by atomic mass is 9.88. The predicted molar refractivity (Wildman–Crippen MR) is 195 cm³/mol. The van der Waals surface area contributed by atoms with E-state index in [1.54, 1.807) is 19.2 Å². The van der Waals surface area contributed by atoms with Crippen LogP contribution in [0.25, 0.3) is 11.1 Å². The first kappa shape index (κ1) is 34.3. The van der Waals surface area contributed by atoms with Gasteiger partial charge in [-0.05, 0) is 123 Å². The fourth-order valence-electron chi connectivity index (χ4n) is 6.43. The summed E-state index contributed by atoms with van der Waals surface area (Å²) in [5, 5.41) is 11.9. The third kappa shape index (κ3) is 8.65. The van der Waals surface area contributed by atoms with Crippen LogP contribution in [0.3, 0.4) is 0 Å². The molecular weight excluding hydrogens is 605 g/mol. The van der Waals surface area contributed by atoms with Crippen molar-refractivity contribution in [2.24, 2.45) is 0 Å². The molecule has 0 saturated carbocycles. The summed E-state index contributed by atoms with van der Waals surface area (Å²) in [4.78, 5) is 15.5. The van der Waals surface area contributed by atoms with Gasteiger partial charge in [-0.15, -0.1) is 11.8 Å². The predicted octanol–water partition coefficient (Wildman–Crippen LogP) is 10.3. The molecule has 0 bridgehead atoms. The Morgan fingerprint density at radius 2 is 1.57 bits per heavy atom. The number of hydrogen-bond donors (Lipinski definition) is 0. The van der Waals surface area contributed by atoms with Crippen molar-refractivity contribution in [1.82, 2.24) is 4.90 Å². The molecule has 1 atom stereocenters. The fraction of sp³-hybridized carbons (Fsp3) is 0.350. The Morgan fingerprint density at radius 3 is 2.17 bits per heavy atom. The van der Waals surface area contributed by atoms with Crippen molar-refractivity contribution >= 4 is 28.6 Å². The van der Waals surface area contributed by atoms with Crippen molar-refractivity contribution in [2.45, 2.75) is 63.9 Å². The lowest BCUT2D eigenvalue weighted by Gasteiger charge is -2.19. The zero-order valence-corrected chi connectivity index (χ0v) is 28.9. The molecule has 0 aromatic heterocycles. The van der Waals surface area contributed by atoms with Gasteiger partial charge >= 0.3 is 0 Å². The number of ether oxygens (including phenoxy) is 2. The largest absolute Gasteiger partial charge is 0.496 e. The maximum Gasteiger partial charge on any atom is 0.276 e. The molecule has 246 valence electrons. The molecule has 7 heteroatoms. The van der Waals surface area contributed by atoms with E-state index < -0.39 is 6.10 Å². The first-order valence-electron chi connectivity index (χ1n) is 16.8. The average molecular weight is 651 g/mol. The van der Waals surface area contributed by atoms with Crippen LogP contribution < -0.4 is 9.47 Å². The summed E-state index contributed by atoms with van der Waals surface area (Å²) in [6.45, 7) is 9.71. The summed E-state index contributed by atoms with van der Waals surface area (Å²) in [5.41, 5.74) is 7.27. The normalized spacial score (nSPS) is 14.5. The average Bonchev–Trinajstić information content (AvgIpc) is 3.63. The zero-order chi connectivity index (χ0) is 33.2. The smallest absolute Gasteiger partial charge is 0.276 e. The van der Waals surface area contributed by atoms with Crippen LogP contribution in [0.4, 0.5) is 5.69 Å². The van der Waals surface area contributed by atoms with Crippen molar-refractivity contribution < 1.29 is 14.4 Å². The molecule has 0 radical (unpaired) electrons. The minimum atomic E-state index is -0.549. The van der Waals surface area contributed by atoms with Gasteiger partial charge in [-0.25, -0.2) is 0 Å². The molecule has 1 heterocycles. The van der Waals surface area contributed by atoms with Gasteiger partial charge in [0.25, 0.3) is 5.69 Å². The molecule has 0 amide bonds. The quantitative estimate of drug-likeness (QED) is 0.0419. The lowest BCUT2D eigenvalue weighted by molar-refractivity contribution is -0.386. The second-order valence-electron chi connectivity index (χ2n) is 12.0. The Labute approximate surface area is 284 Å². The van der Waals surface area contributed by atoms with Gasteiger partial charge in [-0.1, -0.05) is 68.4 Å². The standard InChI is InChI=1S/C40H46N2O4S/c1-5-30-27-38(42(43)44)37(28-39(30)45-4)29(3)46-34-19-15-32(16-20-34)40(36(6-2)31-13-8-7-9-14-31)33-17-21-35(22-18-33)47-26-12-25-41-23-10-11-24-41/h7-9,13-22,27-29H,5-6,10-12,23-26H2,1-4H3/b40-36-. The molecule has 0 aliphatic carbocycles. The van der Waals surface area contributed by atoms with Crippen LogP contribution in [-0.4, -0.2) is 42.3 Å². The van der Waals surface area contributed by atoms with Gasteiger partial charge in [-0.2, -0.15) is 0 Å². The molecule has 1 aliphatic heterocycles. The minimum Gasteiger partial charge on any atom is -0.496 e. The SMILES string of the molecule is CC/C(=C(\c1ccc(OC(C)c2cc(OC)c(CC)cc2[N+](=O)[O-])cc1)c1ccc(SCCCN2CCCC2)cc1)c1ccccc1. The first-order valence-corrected chi connectivity index (χ1v) is 17.8. The highest BCUT2D eigenvalue weighted by atomic mass is 32.2. The van der Waals surface area contributed by atoms with Crippen LogP contribution in [0.2, 0.25) is 0 Å². The van der Waals surface area contributed by atoms with E-state index in [-0.39, 0.29) is 10.6 Å². The Hall–Kier alpha value is -4.07. The van der Waals surface area contributed by atoms with E-state index in [9.17, 15) is 10.1 Å². The number of nitrogens with zero attached hydrogens (tertiary/aromatic N) is 2. The molecule has 0 spiro atoms. The highest BCUT2D eigenvalue weighted by Gasteiger charge is 2.24. The van der Waals surface area contributed by atoms with E-state index in [4.69, 9.17) is 9.47 Å². The van der Waals surface area contributed by atoms with Crippen LogP contribution in [0.1, 0.15) is 80.4 Å². The number of benzene rings is 4. The molecule has 0 N–H and O–H groups in total. The van der Waals surface area contributed by atoms with Crippen LogP contribution in [0.5, 0.6) is 11.5 Å². The molecule has 1 unspecified atom stereocenters. The van der Waals surface area contributed by atoms with Crippen molar-refractivity contribution in [3.63, 3.8) is 0 Å². The molecule has 47 heavy (non-hydrogen) atoms. The van der Waals surface area contributed by atoms with Gasteiger partial charge in [0.1, 0.15) is 17.6 Å². The third-order valence-corrected chi connectivity index (χ3v) is 10.0. The van der Waals surface area contributed by atoms with E-state index in [1.807, 2.05) is 37.7 Å². The van der Waals surface area contributed by atoms with Gasteiger partial charge in [0.2, 0.25) is 0 Å². The molecular formula is C40H46N2O4S. The Kier molecular flexibility index (Phi) is 12.1. The summed E-state index contributed by atoms with van der Waals surface area (Å²) < 4.78 is 11.8.